The van der Waals surface area contributed by atoms with Gasteiger partial charge in [-0.1, -0.05) is 210 Å². The number of aromatic nitrogens is 3. The highest BCUT2D eigenvalue weighted by atomic mass is 15.3. The number of aryl methyl sites for hydroxylation is 1. The van der Waals surface area contributed by atoms with Gasteiger partial charge in [0, 0.05) is 5.56 Å². The van der Waals surface area contributed by atoms with Crippen molar-refractivity contribution in [2.24, 2.45) is 0 Å². The Kier molecular flexibility index (Phi) is 12.6. The molecule has 0 unspecified atom stereocenters. The Hall–Kier alpha value is -7.10. The number of nitrogens with zero attached hydrogens (tertiary/aromatic N) is 3. The molecule has 9 rings (SSSR count). The van der Waals surface area contributed by atoms with E-state index in [0.29, 0.717) is 0 Å². The Labute approximate surface area is 418 Å². The molecule has 0 saturated carbocycles. The van der Waals surface area contributed by atoms with Gasteiger partial charge in [0.25, 0.3) is 0 Å². The highest BCUT2D eigenvalue weighted by Gasteiger charge is 2.20. The van der Waals surface area contributed by atoms with Crippen LogP contribution in [0.25, 0.3) is 83.8 Å². The molecule has 0 fully saturated rings. The first-order valence-corrected chi connectivity index (χ1v) is 25.0. The van der Waals surface area contributed by atoms with E-state index in [1.165, 1.54) is 72.3 Å². The zero-order chi connectivity index (χ0) is 49.8. The van der Waals surface area contributed by atoms with Crippen molar-refractivity contribution < 1.29 is 0 Å². The largest absolute Gasteiger partial charge is 0.213 e. The average Bonchev–Trinajstić information content (AvgIpc) is 3.74. The molecule has 0 saturated heterocycles. The highest BCUT2D eigenvalue weighted by molar-refractivity contribution is 5.84. The Bertz CT molecular complexity index is 3130. The van der Waals surface area contributed by atoms with Crippen LogP contribution in [-0.4, -0.2) is 14.8 Å². The molecule has 0 amide bonds. The van der Waals surface area contributed by atoms with Gasteiger partial charge in [0.15, 0.2) is 5.82 Å². The fourth-order valence-electron chi connectivity index (χ4n) is 9.32. The summed E-state index contributed by atoms with van der Waals surface area (Å²) in [6.07, 6.45) is 0. The number of hydrogen-bond donors (Lipinski definition) is 0. The first-order valence-electron chi connectivity index (χ1n) is 25.0. The van der Waals surface area contributed by atoms with E-state index in [0.717, 1.165) is 39.6 Å². The molecular formula is C67H69N3. The van der Waals surface area contributed by atoms with E-state index >= 15 is 0 Å². The summed E-state index contributed by atoms with van der Waals surface area (Å²) in [7, 11) is 0. The molecule has 8 aromatic carbocycles. The molecular weight excluding hydrogens is 847 g/mol. The Morgan fingerprint density at radius 3 is 0.843 bits per heavy atom. The quantitative estimate of drug-likeness (QED) is 0.152. The maximum Gasteiger partial charge on any atom is 0.163 e. The molecule has 70 heavy (non-hydrogen) atoms. The lowest BCUT2D eigenvalue weighted by Gasteiger charge is -2.20. The summed E-state index contributed by atoms with van der Waals surface area (Å²) in [6.45, 7) is 29.2. The van der Waals surface area contributed by atoms with Gasteiger partial charge >= 0.3 is 0 Å². The molecule has 0 bridgehead atoms. The molecule has 0 atom stereocenters. The van der Waals surface area contributed by atoms with Crippen LogP contribution in [0.3, 0.4) is 0 Å². The van der Waals surface area contributed by atoms with Crippen LogP contribution in [0.15, 0.2) is 182 Å². The van der Waals surface area contributed by atoms with Gasteiger partial charge in [0.2, 0.25) is 0 Å². The smallest absolute Gasteiger partial charge is 0.163 e. The summed E-state index contributed by atoms with van der Waals surface area (Å²) < 4.78 is 1.99. The standard InChI is InChI=1S/C67H69N3/c1-44-68-63(51-16-14-15-50(37-51)57-42-55(47-21-31-60(32-22-47)66(8,9)10)41-56(43-57)48-23-33-61(34-24-48)67(11,12)13)70(69-44)62-35-25-49(26-36-62)54-39-52(45-17-27-58(28-18-45)64(2,3)4)38-53(40-54)46-19-29-59(30-20-46)65(5,6)7/h14-43H,1-13H3. The van der Waals surface area contributed by atoms with Gasteiger partial charge in [-0.15, -0.1) is 0 Å². The van der Waals surface area contributed by atoms with Crippen LogP contribution < -0.4 is 0 Å². The van der Waals surface area contributed by atoms with Gasteiger partial charge in [0.1, 0.15) is 5.82 Å². The van der Waals surface area contributed by atoms with E-state index in [-0.39, 0.29) is 21.7 Å². The normalized spacial score (nSPS) is 12.4. The fourth-order valence-corrected chi connectivity index (χ4v) is 9.32. The van der Waals surface area contributed by atoms with Crippen molar-refractivity contribution in [2.45, 2.75) is 112 Å². The van der Waals surface area contributed by atoms with Crippen LogP contribution in [0.2, 0.25) is 0 Å². The Morgan fingerprint density at radius 2 is 0.543 bits per heavy atom. The second-order valence-electron chi connectivity index (χ2n) is 23.4. The first kappa shape index (κ1) is 47.9. The van der Waals surface area contributed by atoms with Gasteiger partial charge in [-0.3, -0.25) is 0 Å². The minimum absolute atomic E-state index is 0.0806. The summed E-state index contributed by atoms with van der Waals surface area (Å²) in [5.74, 6) is 1.53. The van der Waals surface area contributed by atoms with Gasteiger partial charge < -0.3 is 0 Å². The minimum atomic E-state index is 0.0806. The molecule has 1 aromatic heterocycles. The van der Waals surface area contributed by atoms with E-state index in [1.54, 1.807) is 0 Å². The fraction of sp³-hybridized carbons (Fsp3) is 0.254. The van der Waals surface area contributed by atoms with Crippen LogP contribution in [0, 0.1) is 6.92 Å². The number of hydrogen-bond acceptors (Lipinski definition) is 2. The lowest BCUT2D eigenvalue weighted by molar-refractivity contribution is 0.590. The molecule has 9 aromatic rings. The van der Waals surface area contributed by atoms with Crippen molar-refractivity contribution in [2.75, 3.05) is 0 Å². The van der Waals surface area contributed by atoms with Crippen molar-refractivity contribution in [3.8, 4) is 83.8 Å². The van der Waals surface area contributed by atoms with Crippen LogP contribution in [0.1, 0.15) is 111 Å². The summed E-state index contributed by atoms with van der Waals surface area (Å²) in [4.78, 5) is 5.04. The van der Waals surface area contributed by atoms with Gasteiger partial charge in [-0.25, -0.2) is 9.67 Å². The maximum absolute atomic E-state index is 5.04. The molecule has 3 nitrogen and oxygen atoms in total. The third-order valence-corrected chi connectivity index (χ3v) is 13.8. The van der Waals surface area contributed by atoms with Crippen molar-refractivity contribution in [1.82, 2.24) is 14.8 Å². The van der Waals surface area contributed by atoms with Crippen LogP contribution >= 0.6 is 0 Å². The Balaban J connectivity index is 1.08. The van der Waals surface area contributed by atoms with Crippen molar-refractivity contribution in [3.63, 3.8) is 0 Å². The molecule has 0 aliphatic carbocycles. The number of benzene rings is 8. The molecule has 3 heteroatoms. The molecule has 1 heterocycles. The van der Waals surface area contributed by atoms with Crippen molar-refractivity contribution in [1.29, 1.82) is 0 Å². The average molecular weight is 916 g/mol. The topological polar surface area (TPSA) is 30.7 Å². The second kappa shape index (κ2) is 18.3. The molecule has 0 radical (unpaired) electrons. The number of rotatable bonds is 8. The van der Waals surface area contributed by atoms with Gasteiger partial charge in [-0.2, -0.15) is 5.10 Å². The van der Waals surface area contributed by atoms with E-state index < -0.39 is 0 Å². The van der Waals surface area contributed by atoms with E-state index in [1.807, 2.05) is 11.6 Å². The summed E-state index contributed by atoms with van der Waals surface area (Å²) >= 11 is 0. The van der Waals surface area contributed by atoms with E-state index in [9.17, 15) is 0 Å². The zero-order valence-electron chi connectivity index (χ0n) is 43.7. The van der Waals surface area contributed by atoms with Crippen LogP contribution in [0.5, 0.6) is 0 Å². The van der Waals surface area contributed by atoms with Crippen LogP contribution in [-0.2, 0) is 21.7 Å². The lowest BCUT2D eigenvalue weighted by atomic mass is 9.85. The van der Waals surface area contributed by atoms with E-state index in [2.05, 4.69) is 265 Å². The predicted octanol–water partition coefficient (Wildman–Crippen LogP) is 18.4. The monoisotopic (exact) mass is 916 g/mol. The summed E-state index contributed by atoms with van der Waals surface area (Å²) in [5, 5.41) is 4.98. The zero-order valence-corrected chi connectivity index (χ0v) is 43.7. The van der Waals surface area contributed by atoms with Gasteiger partial charge in [0.05, 0.1) is 5.69 Å². The first-order chi connectivity index (χ1) is 33.1. The lowest BCUT2D eigenvalue weighted by Crippen LogP contribution is -2.10. The van der Waals surface area contributed by atoms with Gasteiger partial charge in [-0.05, 0) is 172 Å². The third kappa shape index (κ3) is 10.4. The SMILES string of the molecule is Cc1nc(-c2cccc(-c3cc(-c4ccc(C(C)(C)C)cc4)cc(-c4ccc(C(C)(C)C)cc4)c3)c2)n(-c2ccc(-c3cc(-c4ccc(C(C)(C)C)cc4)cc(-c4ccc(C(C)(C)C)cc4)c3)cc2)n1. The second-order valence-corrected chi connectivity index (χ2v) is 23.4. The predicted molar refractivity (Wildman–Crippen MR) is 299 cm³/mol. The van der Waals surface area contributed by atoms with E-state index in [4.69, 9.17) is 10.1 Å². The molecule has 0 N–H and O–H groups in total. The maximum atomic E-state index is 5.04. The van der Waals surface area contributed by atoms with Crippen molar-refractivity contribution in [3.05, 3.63) is 210 Å². The van der Waals surface area contributed by atoms with Crippen LogP contribution in [0.4, 0.5) is 0 Å². The molecule has 0 aliphatic heterocycles. The summed E-state index contributed by atoms with van der Waals surface area (Å²) in [5.41, 5.74) is 21.8. The molecule has 0 spiro atoms. The Morgan fingerprint density at radius 1 is 0.286 bits per heavy atom. The van der Waals surface area contributed by atoms with Crippen molar-refractivity contribution >= 4 is 0 Å². The molecule has 352 valence electrons. The summed E-state index contributed by atoms with van der Waals surface area (Å²) in [6, 6.07) is 67.9. The minimum Gasteiger partial charge on any atom is -0.213 e. The molecule has 0 aliphatic rings. The third-order valence-electron chi connectivity index (χ3n) is 13.8. The highest BCUT2D eigenvalue weighted by Crippen LogP contribution is 2.39.